The molecular formula is C25H27BrN2O5S. The average molecular weight is 547 g/mol. The molecular weight excluding hydrogens is 520 g/mol. The van der Waals surface area contributed by atoms with Gasteiger partial charge in [0, 0.05) is 5.69 Å². The quantitative estimate of drug-likeness (QED) is 0.389. The maximum absolute atomic E-state index is 13.6. The maximum atomic E-state index is 13.6. The zero-order valence-corrected chi connectivity index (χ0v) is 21.8. The Balaban J connectivity index is 1.88. The van der Waals surface area contributed by atoms with Crippen molar-refractivity contribution in [3.63, 3.8) is 0 Å². The molecule has 34 heavy (non-hydrogen) atoms. The number of methoxy groups -OCH3 is 1. The number of carbonyl (C=O) groups is 1. The highest BCUT2D eigenvalue weighted by atomic mass is 79.9. The highest BCUT2D eigenvalue weighted by molar-refractivity contribution is 9.10. The molecule has 0 bridgehead atoms. The Bertz CT molecular complexity index is 1240. The van der Waals surface area contributed by atoms with E-state index >= 15 is 0 Å². The molecule has 0 aliphatic carbocycles. The molecule has 0 aliphatic heterocycles. The van der Waals surface area contributed by atoms with Gasteiger partial charge in [-0.2, -0.15) is 0 Å². The van der Waals surface area contributed by atoms with Gasteiger partial charge < -0.3 is 14.8 Å². The summed E-state index contributed by atoms with van der Waals surface area (Å²) in [7, 11) is -2.56. The zero-order valence-electron chi connectivity index (χ0n) is 19.4. The highest BCUT2D eigenvalue weighted by Crippen LogP contribution is 2.31. The van der Waals surface area contributed by atoms with E-state index in [0.29, 0.717) is 27.3 Å². The third-order valence-electron chi connectivity index (χ3n) is 4.83. The Labute approximate surface area is 208 Å². The van der Waals surface area contributed by atoms with Crippen molar-refractivity contribution in [3.05, 3.63) is 76.8 Å². The van der Waals surface area contributed by atoms with Crippen molar-refractivity contribution in [2.75, 3.05) is 23.3 Å². The number of amides is 1. The van der Waals surface area contributed by atoms with Crippen LogP contribution in [-0.2, 0) is 14.8 Å². The van der Waals surface area contributed by atoms with E-state index in [0.717, 1.165) is 9.87 Å². The molecule has 7 nitrogen and oxygen atoms in total. The number of hydrogen-bond donors (Lipinski definition) is 1. The Morgan fingerprint density at radius 3 is 2.24 bits per heavy atom. The van der Waals surface area contributed by atoms with Crippen LogP contribution in [0.15, 0.2) is 76.1 Å². The molecule has 3 aromatic rings. The van der Waals surface area contributed by atoms with Crippen molar-refractivity contribution in [3.8, 4) is 11.5 Å². The maximum Gasteiger partial charge on any atom is 0.264 e. The lowest BCUT2D eigenvalue weighted by atomic mass is 10.2. The summed E-state index contributed by atoms with van der Waals surface area (Å²) in [6.45, 7) is 5.36. The smallest absolute Gasteiger partial charge is 0.264 e. The number of benzene rings is 3. The first kappa shape index (κ1) is 25.6. The number of halogens is 1. The Morgan fingerprint density at radius 2 is 1.68 bits per heavy atom. The van der Waals surface area contributed by atoms with Crippen LogP contribution in [-0.4, -0.2) is 34.1 Å². The molecule has 9 heteroatoms. The molecule has 180 valence electrons. The van der Waals surface area contributed by atoms with Crippen LogP contribution in [0.1, 0.15) is 19.4 Å². The Morgan fingerprint density at radius 1 is 1.03 bits per heavy atom. The van der Waals surface area contributed by atoms with Crippen molar-refractivity contribution in [2.45, 2.75) is 31.8 Å². The lowest BCUT2D eigenvalue weighted by Gasteiger charge is -2.24. The van der Waals surface area contributed by atoms with Crippen molar-refractivity contribution in [1.29, 1.82) is 0 Å². The van der Waals surface area contributed by atoms with E-state index in [1.165, 1.54) is 19.2 Å². The predicted molar refractivity (Wildman–Crippen MR) is 137 cm³/mol. The molecule has 0 unspecified atom stereocenters. The second-order valence-corrected chi connectivity index (χ2v) is 10.6. The minimum atomic E-state index is -4.06. The number of nitrogens with zero attached hydrogens (tertiary/aromatic N) is 1. The molecule has 1 N–H and O–H groups in total. The van der Waals surface area contributed by atoms with Gasteiger partial charge in [0.05, 0.1) is 28.3 Å². The highest BCUT2D eigenvalue weighted by Gasteiger charge is 2.28. The number of rotatable bonds is 9. The number of anilines is 2. The van der Waals surface area contributed by atoms with Gasteiger partial charge in [-0.1, -0.05) is 17.7 Å². The fourth-order valence-electron chi connectivity index (χ4n) is 3.18. The van der Waals surface area contributed by atoms with Gasteiger partial charge in [0.15, 0.2) is 0 Å². The van der Waals surface area contributed by atoms with E-state index in [9.17, 15) is 13.2 Å². The molecule has 0 heterocycles. The number of nitrogens with one attached hydrogen (secondary N) is 1. The number of ether oxygens (including phenoxy) is 2. The summed E-state index contributed by atoms with van der Waals surface area (Å²) >= 11 is 3.33. The Kier molecular flexibility index (Phi) is 8.22. The van der Waals surface area contributed by atoms with E-state index in [2.05, 4.69) is 21.2 Å². The van der Waals surface area contributed by atoms with Gasteiger partial charge in [0.2, 0.25) is 5.91 Å². The summed E-state index contributed by atoms with van der Waals surface area (Å²) in [4.78, 5) is 12.9. The van der Waals surface area contributed by atoms with Gasteiger partial charge in [-0.3, -0.25) is 9.10 Å². The number of carbonyl (C=O) groups excluding carboxylic acids is 1. The van der Waals surface area contributed by atoms with E-state index < -0.39 is 22.5 Å². The standard InChI is InChI=1S/C25H27BrN2O5S/c1-17(2)33-21-11-7-19(8-12-21)27-25(29)16-28(20-9-5-18(3)6-10-20)34(30,31)22-13-14-24(32-4)23(26)15-22/h5-15,17H,16H2,1-4H3,(H,27,29). The van der Waals surface area contributed by atoms with Crippen LogP contribution in [0.2, 0.25) is 0 Å². The molecule has 0 spiro atoms. The minimum absolute atomic E-state index is 0.0312. The van der Waals surface area contributed by atoms with E-state index in [4.69, 9.17) is 9.47 Å². The molecule has 0 atom stereocenters. The molecule has 3 aromatic carbocycles. The summed E-state index contributed by atoms with van der Waals surface area (Å²) in [6.07, 6.45) is 0.0340. The fourth-order valence-corrected chi connectivity index (χ4v) is 5.32. The number of hydrogen-bond acceptors (Lipinski definition) is 5. The topological polar surface area (TPSA) is 84.9 Å². The van der Waals surface area contributed by atoms with Crippen LogP contribution >= 0.6 is 15.9 Å². The van der Waals surface area contributed by atoms with E-state index in [1.54, 1.807) is 54.6 Å². The lowest BCUT2D eigenvalue weighted by molar-refractivity contribution is -0.114. The monoisotopic (exact) mass is 546 g/mol. The van der Waals surface area contributed by atoms with Gasteiger partial charge in [-0.25, -0.2) is 8.42 Å². The van der Waals surface area contributed by atoms with E-state index in [1.807, 2.05) is 20.8 Å². The normalized spacial score (nSPS) is 11.2. The van der Waals surface area contributed by atoms with Crippen molar-refractivity contribution in [2.24, 2.45) is 0 Å². The van der Waals surface area contributed by atoms with Crippen LogP contribution in [0, 0.1) is 6.92 Å². The van der Waals surface area contributed by atoms with Crippen molar-refractivity contribution < 1.29 is 22.7 Å². The SMILES string of the molecule is COc1ccc(S(=O)(=O)N(CC(=O)Nc2ccc(OC(C)C)cc2)c2ccc(C)cc2)cc1Br. The summed E-state index contributed by atoms with van der Waals surface area (Å²) in [5, 5.41) is 2.76. The molecule has 0 radical (unpaired) electrons. The van der Waals surface area contributed by atoms with Crippen LogP contribution in [0.3, 0.4) is 0 Å². The first-order valence-corrected chi connectivity index (χ1v) is 12.8. The third kappa shape index (κ3) is 6.30. The number of sulfonamides is 1. The van der Waals surface area contributed by atoms with Gasteiger partial charge in [0.1, 0.15) is 18.0 Å². The van der Waals surface area contributed by atoms with Crippen molar-refractivity contribution in [1.82, 2.24) is 0 Å². The van der Waals surface area contributed by atoms with Gasteiger partial charge in [-0.05, 0) is 91.3 Å². The Hall–Kier alpha value is -3.04. The van der Waals surface area contributed by atoms with Crippen LogP contribution in [0.25, 0.3) is 0 Å². The minimum Gasteiger partial charge on any atom is -0.496 e. The van der Waals surface area contributed by atoms with Gasteiger partial charge >= 0.3 is 0 Å². The zero-order chi connectivity index (χ0) is 24.9. The second-order valence-electron chi connectivity index (χ2n) is 7.88. The van der Waals surface area contributed by atoms with Crippen LogP contribution < -0.4 is 19.1 Å². The van der Waals surface area contributed by atoms with Crippen molar-refractivity contribution >= 4 is 43.2 Å². The second kappa shape index (κ2) is 10.9. The first-order chi connectivity index (χ1) is 16.1. The van der Waals surface area contributed by atoms with Gasteiger partial charge in [0.25, 0.3) is 10.0 Å². The molecule has 0 fully saturated rings. The molecule has 3 rings (SSSR count). The van der Waals surface area contributed by atoms with Crippen LogP contribution in [0.5, 0.6) is 11.5 Å². The summed E-state index contributed by atoms with van der Waals surface area (Å²) in [5.74, 6) is 0.708. The molecule has 1 amide bonds. The molecule has 0 aliphatic rings. The molecule has 0 saturated carbocycles. The summed E-state index contributed by atoms with van der Waals surface area (Å²) < 4.78 is 39.5. The summed E-state index contributed by atoms with van der Waals surface area (Å²) in [5.41, 5.74) is 1.89. The van der Waals surface area contributed by atoms with Gasteiger partial charge in [-0.15, -0.1) is 0 Å². The largest absolute Gasteiger partial charge is 0.496 e. The van der Waals surface area contributed by atoms with E-state index in [-0.39, 0.29) is 11.0 Å². The average Bonchev–Trinajstić information content (AvgIpc) is 2.79. The third-order valence-corrected chi connectivity index (χ3v) is 7.22. The van der Waals surface area contributed by atoms with Crippen LogP contribution in [0.4, 0.5) is 11.4 Å². The predicted octanol–water partition coefficient (Wildman–Crippen LogP) is 5.39. The lowest BCUT2D eigenvalue weighted by Crippen LogP contribution is -2.38. The number of aryl methyl sites for hydroxylation is 1. The molecule has 0 saturated heterocycles. The summed E-state index contributed by atoms with van der Waals surface area (Å²) in [6, 6.07) is 18.3. The first-order valence-electron chi connectivity index (χ1n) is 10.6. The molecule has 0 aromatic heterocycles. The fraction of sp³-hybridized carbons (Fsp3) is 0.240.